The van der Waals surface area contributed by atoms with Crippen LogP contribution in [0.4, 0.5) is 0 Å². The minimum absolute atomic E-state index is 0.243. The van der Waals surface area contributed by atoms with E-state index in [1.54, 1.807) is 31.2 Å². The fraction of sp³-hybridized carbons (Fsp3) is 0.500. The molecule has 2 saturated heterocycles. The fourth-order valence-corrected chi connectivity index (χ4v) is 5.12. The van der Waals surface area contributed by atoms with Crippen LogP contribution in [0.3, 0.4) is 0 Å². The molecular weight excluding hydrogens is 498 g/mol. The van der Waals surface area contributed by atoms with Gasteiger partial charge in [0.2, 0.25) is 9.70 Å². The molecule has 2 aliphatic heterocycles. The van der Waals surface area contributed by atoms with E-state index in [9.17, 15) is 14.4 Å². The lowest BCUT2D eigenvalue weighted by Gasteiger charge is -2.56. The third kappa shape index (κ3) is 5.40. The molecule has 164 valence electrons. The number of nitrogens with one attached hydrogen (secondary N) is 1. The Labute approximate surface area is 197 Å². The monoisotopic (exact) mass is 514 g/mol. The number of rotatable bonds is 6. The Kier molecular flexibility index (Phi) is 7.24. The summed E-state index contributed by atoms with van der Waals surface area (Å²) in [4.78, 5) is 37.8. The summed E-state index contributed by atoms with van der Waals surface area (Å²) >= 11 is 24.7. The molecule has 4 atom stereocenters. The summed E-state index contributed by atoms with van der Waals surface area (Å²) in [6.07, 6.45) is 0. The summed E-state index contributed by atoms with van der Waals surface area (Å²) in [7, 11) is 0. The molecule has 0 spiro atoms. The standard InChI is InChI=1S/C18H18Cl4N2O5S/c1-17(19)9-30-15-12(23-11(25)7-28-10-5-3-2-4-6-10)14(26)24(15)13(17)16(27)29-8-18(20,21)22/h2-6,12-13,15H,7-9H2,1H3,(H,23,25)/t12-,13+,15+,17-/m1/s1. The fourth-order valence-electron chi connectivity index (χ4n) is 3.16. The van der Waals surface area contributed by atoms with E-state index in [4.69, 9.17) is 55.9 Å². The van der Waals surface area contributed by atoms with Gasteiger partial charge in [0.1, 0.15) is 23.8 Å². The van der Waals surface area contributed by atoms with Crippen LogP contribution in [0.2, 0.25) is 0 Å². The molecule has 30 heavy (non-hydrogen) atoms. The average molecular weight is 516 g/mol. The second-order valence-electron chi connectivity index (χ2n) is 7.00. The van der Waals surface area contributed by atoms with E-state index in [2.05, 4.69) is 5.32 Å². The molecule has 2 fully saturated rings. The van der Waals surface area contributed by atoms with Crippen LogP contribution in [0.5, 0.6) is 5.75 Å². The number of halogens is 4. The highest BCUT2D eigenvalue weighted by Crippen LogP contribution is 2.45. The SMILES string of the molecule is C[C@@]1(Cl)CS[C@H]2[C@H](NC(=O)COc3ccccc3)C(=O)N2[C@H]1C(=O)OCC(Cl)(Cl)Cl. The van der Waals surface area contributed by atoms with Gasteiger partial charge in [-0.2, -0.15) is 0 Å². The van der Waals surface area contributed by atoms with Gasteiger partial charge in [0, 0.05) is 5.75 Å². The number of β-lactam (4-membered cyclic amide) rings is 1. The Morgan fingerprint density at radius 3 is 2.60 bits per heavy atom. The number of hydrogen-bond donors (Lipinski definition) is 1. The van der Waals surface area contributed by atoms with Crippen molar-refractivity contribution in [2.45, 2.75) is 33.0 Å². The van der Waals surface area contributed by atoms with Crippen LogP contribution in [0.25, 0.3) is 0 Å². The van der Waals surface area contributed by atoms with E-state index in [1.807, 2.05) is 6.07 Å². The van der Waals surface area contributed by atoms with Crippen molar-refractivity contribution in [3.8, 4) is 5.75 Å². The Morgan fingerprint density at radius 1 is 1.30 bits per heavy atom. The molecule has 0 unspecified atom stereocenters. The van der Waals surface area contributed by atoms with E-state index in [1.165, 1.54) is 16.7 Å². The van der Waals surface area contributed by atoms with Crippen molar-refractivity contribution in [2.24, 2.45) is 0 Å². The number of amides is 2. The first-order valence-electron chi connectivity index (χ1n) is 8.83. The number of para-hydroxylation sites is 1. The second-order valence-corrected chi connectivity index (χ2v) is 11.5. The average Bonchev–Trinajstić information content (AvgIpc) is 2.68. The predicted octanol–water partition coefficient (Wildman–Crippen LogP) is 2.74. The summed E-state index contributed by atoms with van der Waals surface area (Å²) < 4.78 is 8.66. The smallest absolute Gasteiger partial charge is 0.330 e. The molecule has 2 aliphatic rings. The topological polar surface area (TPSA) is 84.9 Å². The van der Waals surface area contributed by atoms with Crippen LogP contribution in [-0.4, -0.2) is 67.8 Å². The second kappa shape index (κ2) is 9.20. The number of benzene rings is 1. The highest BCUT2D eigenvalue weighted by Gasteiger charge is 2.61. The van der Waals surface area contributed by atoms with Crippen molar-refractivity contribution < 1.29 is 23.9 Å². The molecule has 0 bridgehead atoms. The van der Waals surface area contributed by atoms with Gasteiger partial charge in [-0.05, 0) is 19.1 Å². The third-order valence-corrected chi connectivity index (χ3v) is 6.93. The summed E-state index contributed by atoms with van der Waals surface area (Å²) in [6, 6.07) is 6.96. The number of fused-ring (bicyclic) bond motifs is 1. The van der Waals surface area contributed by atoms with Crippen LogP contribution in [0, 0.1) is 0 Å². The number of thioether (sulfide) groups is 1. The van der Waals surface area contributed by atoms with Crippen molar-refractivity contribution in [1.82, 2.24) is 10.2 Å². The Hall–Kier alpha value is -1.06. The zero-order valence-corrected chi connectivity index (χ0v) is 19.5. The number of hydrogen-bond acceptors (Lipinski definition) is 6. The molecule has 2 amide bonds. The van der Waals surface area contributed by atoms with Crippen LogP contribution in [-0.2, 0) is 19.1 Å². The summed E-state index contributed by atoms with van der Waals surface area (Å²) in [6.45, 7) is 0.913. The van der Waals surface area contributed by atoms with Crippen LogP contribution in [0.15, 0.2) is 30.3 Å². The molecule has 3 rings (SSSR count). The highest BCUT2D eigenvalue weighted by molar-refractivity contribution is 8.00. The summed E-state index contributed by atoms with van der Waals surface area (Å²) in [5, 5.41) is 2.18. The largest absolute Gasteiger partial charge is 0.484 e. The van der Waals surface area contributed by atoms with Gasteiger partial charge in [-0.1, -0.05) is 53.0 Å². The van der Waals surface area contributed by atoms with Crippen LogP contribution in [0.1, 0.15) is 6.92 Å². The summed E-state index contributed by atoms with van der Waals surface area (Å²) in [5.74, 6) is -0.774. The quantitative estimate of drug-likeness (QED) is 0.356. The number of nitrogens with zero attached hydrogens (tertiary/aromatic N) is 1. The Bertz CT molecular complexity index is 821. The molecule has 0 aromatic heterocycles. The maximum Gasteiger partial charge on any atom is 0.330 e. The molecule has 0 saturated carbocycles. The molecule has 12 heteroatoms. The molecule has 7 nitrogen and oxygen atoms in total. The maximum absolute atomic E-state index is 12.7. The van der Waals surface area contributed by atoms with Gasteiger partial charge in [0.15, 0.2) is 12.6 Å². The van der Waals surface area contributed by atoms with Crippen molar-refractivity contribution in [2.75, 3.05) is 19.0 Å². The molecular formula is C18H18Cl4N2O5S. The zero-order valence-electron chi connectivity index (χ0n) is 15.6. The molecule has 0 radical (unpaired) electrons. The van der Waals surface area contributed by atoms with Gasteiger partial charge in [-0.25, -0.2) is 4.79 Å². The van der Waals surface area contributed by atoms with E-state index >= 15 is 0 Å². The summed E-state index contributed by atoms with van der Waals surface area (Å²) in [5.41, 5.74) is 0. The third-order valence-electron chi connectivity index (χ3n) is 4.50. The lowest BCUT2D eigenvalue weighted by Crippen LogP contribution is -2.78. The minimum atomic E-state index is -1.78. The Morgan fingerprint density at radius 2 is 1.97 bits per heavy atom. The van der Waals surface area contributed by atoms with Crippen molar-refractivity contribution >= 4 is 75.9 Å². The van der Waals surface area contributed by atoms with Gasteiger partial charge in [0.25, 0.3) is 5.91 Å². The van der Waals surface area contributed by atoms with Crippen LogP contribution >= 0.6 is 58.2 Å². The highest BCUT2D eigenvalue weighted by atomic mass is 35.6. The number of alkyl halides is 4. The van der Waals surface area contributed by atoms with Gasteiger partial charge in [-0.15, -0.1) is 23.4 Å². The molecule has 0 aliphatic carbocycles. The first kappa shape index (κ1) is 23.6. The zero-order chi connectivity index (χ0) is 22.1. The van der Waals surface area contributed by atoms with Gasteiger partial charge < -0.3 is 19.7 Å². The van der Waals surface area contributed by atoms with E-state index in [0.717, 1.165) is 0 Å². The van der Waals surface area contributed by atoms with E-state index in [-0.39, 0.29) is 6.61 Å². The van der Waals surface area contributed by atoms with Crippen LogP contribution < -0.4 is 10.1 Å². The number of ether oxygens (including phenoxy) is 2. The first-order chi connectivity index (χ1) is 14.0. The normalized spacial score (nSPS) is 28.2. The van der Waals surface area contributed by atoms with E-state index < -0.39 is 50.5 Å². The van der Waals surface area contributed by atoms with E-state index in [0.29, 0.717) is 11.5 Å². The van der Waals surface area contributed by atoms with Gasteiger partial charge >= 0.3 is 5.97 Å². The number of carbonyl (C=O) groups is 3. The lowest BCUT2D eigenvalue weighted by atomic mass is 9.94. The molecule has 1 N–H and O–H groups in total. The van der Waals surface area contributed by atoms with Crippen molar-refractivity contribution in [3.63, 3.8) is 0 Å². The molecule has 1 aromatic carbocycles. The van der Waals surface area contributed by atoms with Gasteiger partial charge in [0.05, 0.1) is 4.87 Å². The first-order valence-corrected chi connectivity index (χ1v) is 11.4. The number of carbonyl (C=O) groups excluding carboxylic acids is 3. The lowest BCUT2D eigenvalue weighted by molar-refractivity contribution is -0.167. The molecule has 1 aromatic rings. The molecule has 2 heterocycles. The van der Waals surface area contributed by atoms with Gasteiger partial charge in [-0.3, -0.25) is 9.59 Å². The number of esters is 1. The predicted molar refractivity (Wildman–Crippen MR) is 116 cm³/mol. The van der Waals surface area contributed by atoms with Crippen molar-refractivity contribution in [1.29, 1.82) is 0 Å². The van der Waals surface area contributed by atoms with Crippen molar-refractivity contribution in [3.05, 3.63) is 30.3 Å². The Balaban J connectivity index is 1.61. The minimum Gasteiger partial charge on any atom is -0.484 e. The maximum atomic E-state index is 12.7.